The molecule has 0 radical (unpaired) electrons. The molecule has 3 rings (SSSR count). The number of amides is 1. The lowest BCUT2D eigenvalue weighted by molar-refractivity contribution is 0.0993. The Morgan fingerprint density at radius 3 is 2.07 bits per heavy atom. The van der Waals surface area contributed by atoms with Crippen molar-refractivity contribution >= 4 is 21.4 Å². The Labute approximate surface area is 164 Å². The van der Waals surface area contributed by atoms with Gasteiger partial charge in [0.05, 0.1) is 16.5 Å². The van der Waals surface area contributed by atoms with Gasteiger partial charge in [0.2, 0.25) is 0 Å². The van der Waals surface area contributed by atoms with Gasteiger partial charge in [-0.25, -0.2) is 8.42 Å². The molecule has 0 bridgehead atoms. The van der Waals surface area contributed by atoms with Gasteiger partial charge < -0.3 is 4.90 Å². The summed E-state index contributed by atoms with van der Waals surface area (Å²) in [6, 6.07) is 22.6. The van der Waals surface area contributed by atoms with Gasteiger partial charge in [-0.2, -0.15) is 5.26 Å². The summed E-state index contributed by atoms with van der Waals surface area (Å²) in [5.41, 5.74) is 2.88. The summed E-state index contributed by atoms with van der Waals surface area (Å²) in [4.78, 5) is 14.8. The number of hydrogen-bond acceptors (Lipinski definition) is 4. The van der Waals surface area contributed by atoms with Crippen LogP contribution in [0.25, 0.3) is 11.1 Å². The first-order valence-corrected chi connectivity index (χ1v) is 10.4. The molecule has 140 valence electrons. The molecule has 3 aromatic rings. The van der Waals surface area contributed by atoms with Crippen molar-refractivity contribution < 1.29 is 13.2 Å². The Kier molecular flexibility index (Phi) is 5.30. The zero-order chi connectivity index (χ0) is 20.3. The largest absolute Gasteiger partial charge is 0.311 e. The molecule has 3 aromatic carbocycles. The third-order valence-electron chi connectivity index (χ3n) is 4.45. The highest BCUT2D eigenvalue weighted by Gasteiger charge is 2.19. The lowest BCUT2D eigenvalue weighted by Crippen LogP contribution is -2.26. The number of benzene rings is 3. The van der Waals surface area contributed by atoms with Crippen LogP contribution in [0.15, 0.2) is 77.7 Å². The van der Waals surface area contributed by atoms with E-state index in [0.29, 0.717) is 27.9 Å². The number of nitriles is 1. The van der Waals surface area contributed by atoms with Gasteiger partial charge in [0.1, 0.15) is 0 Å². The summed E-state index contributed by atoms with van der Waals surface area (Å²) in [6.07, 6.45) is 1.14. The second kappa shape index (κ2) is 7.67. The van der Waals surface area contributed by atoms with E-state index in [2.05, 4.69) is 6.07 Å². The fraction of sp³-hybridized carbons (Fsp3) is 0.0909. The molecule has 0 aliphatic heterocycles. The average Bonchev–Trinajstić information content (AvgIpc) is 2.72. The molecular weight excluding hydrogens is 372 g/mol. The zero-order valence-electron chi connectivity index (χ0n) is 15.5. The summed E-state index contributed by atoms with van der Waals surface area (Å²) in [6.45, 7) is 0. The number of carbonyl (C=O) groups is 1. The van der Waals surface area contributed by atoms with Crippen LogP contribution in [-0.2, 0) is 9.84 Å². The smallest absolute Gasteiger partial charge is 0.258 e. The van der Waals surface area contributed by atoms with Gasteiger partial charge in [-0.05, 0) is 42.0 Å². The highest BCUT2D eigenvalue weighted by Crippen LogP contribution is 2.29. The molecule has 28 heavy (non-hydrogen) atoms. The van der Waals surface area contributed by atoms with Crippen molar-refractivity contribution in [3.8, 4) is 17.2 Å². The van der Waals surface area contributed by atoms with Crippen LogP contribution in [0, 0.1) is 11.3 Å². The predicted octanol–water partition coefficient (Wildman–Crippen LogP) is 3.91. The van der Waals surface area contributed by atoms with Gasteiger partial charge in [-0.15, -0.1) is 0 Å². The maximum atomic E-state index is 13.1. The van der Waals surface area contributed by atoms with Crippen molar-refractivity contribution in [1.29, 1.82) is 5.26 Å². The lowest BCUT2D eigenvalue weighted by atomic mass is 9.95. The van der Waals surface area contributed by atoms with Gasteiger partial charge in [-0.1, -0.05) is 36.4 Å². The average molecular weight is 390 g/mol. The first kappa shape index (κ1) is 19.3. The molecule has 0 aliphatic rings. The van der Waals surface area contributed by atoms with Crippen molar-refractivity contribution in [2.45, 2.75) is 4.90 Å². The minimum atomic E-state index is -3.30. The number of carbonyl (C=O) groups excluding carboxylic acids is 1. The normalized spacial score (nSPS) is 10.9. The van der Waals surface area contributed by atoms with E-state index < -0.39 is 9.84 Å². The number of anilines is 1. The van der Waals surface area contributed by atoms with Crippen LogP contribution < -0.4 is 4.90 Å². The number of hydrogen-bond donors (Lipinski definition) is 0. The summed E-state index contributed by atoms with van der Waals surface area (Å²) in [7, 11) is -1.67. The second-order valence-corrected chi connectivity index (χ2v) is 8.35. The molecule has 0 saturated heterocycles. The van der Waals surface area contributed by atoms with Gasteiger partial charge in [0.15, 0.2) is 9.84 Å². The molecule has 0 heterocycles. The molecular formula is C22H18N2O3S. The second-order valence-electron chi connectivity index (χ2n) is 6.33. The molecule has 0 unspecified atom stereocenters. The van der Waals surface area contributed by atoms with Crippen molar-refractivity contribution in [2.24, 2.45) is 0 Å². The Hall–Kier alpha value is -3.43. The Morgan fingerprint density at radius 2 is 1.46 bits per heavy atom. The Morgan fingerprint density at radius 1 is 0.893 bits per heavy atom. The first-order chi connectivity index (χ1) is 13.3. The molecule has 1 amide bonds. The number of sulfone groups is 1. The summed E-state index contributed by atoms with van der Waals surface area (Å²) >= 11 is 0. The van der Waals surface area contributed by atoms with Crippen LogP contribution >= 0.6 is 0 Å². The summed E-state index contributed by atoms with van der Waals surface area (Å²) < 4.78 is 23.2. The van der Waals surface area contributed by atoms with Gasteiger partial charge in [-0.3, -0.25) is 4.79 Å². The van der Waals surface area contributed by atoms with Crippen LogP contribution in [0.4, 0.5) is 5.69 Å². The molecule has 0 N–H and O–H groups in total. The summed E-state index contributed by atoms with van der Waals surface area (Å²) in [5.74, 6) is -0.254. The molecule has 0 spiro atoms. The Bertz CT molecular complexity index is 1180. The number of rotatable bonds is 4. The molecule has 0 fully saturated rings. The van der Waals surface area contributed by atoms with Crippen LogP contribution in [0.2, 0.25) is 0 Å². The quantitative estimate of drug-likeness (QED) is 0.677. The van der Waals surface area contributed by atoms with E-state index in [1.54, 1.807) is 43.4 Å². The van der Waals surface area contributed by atoms with E-state index in [0.717, 1.165) is 6.26 Å². The SMILES string of the molecule is CN(C(=O)c1ccccc1-c1ccccc1C#N)c1ccc(S(C)(=O)=O)cc1. The predicted molar refractivity (Wildman–Crippen MR) is 109 cm³/mol. The van der Waals surface area contributed by atoms with Crippen molar-refractivity contribution in [3.05, 3.63) is 83.9 Å². The van der Waals surface area contributed by atoms with E-state index in [4.69, 9.17) is 0 Å². The molecule has 0 atom stereocenters. The third kappa shape index (κ3) is 3.80. The monoisotopic (exact) mass is 390 g/mol. The van der Waals surface area contributed by atoms with E-state index >= 15 is 0 Å². The standard InChI is InChI=1S/C22H18N2O3S/c1-24(17-11-13-18(14-12-17)28(2,26)27)22(25)21-10-6-5-9-20(21)19-8-4-3-7-16(19)15-23/h3-14H,1-2H3. The fourth-order valence-corrected chi connectivity index (χ4v) is 3.57. The first-order valence-electron chi connectivity index (χ1n) is 8.49. The molecule has 0 aromatic heterocycles. The van der Waals surface area contributed by atoms with E-state index in [1.165, 1.54) is 17.0 Å². The molecule has 0 saturated carbocycles. The highest BCUT2D eigenvalue weighted by atomic mass is 32.2. The minimum absolute atomic E-state index is 0.195. The van der Waals surface area contributed by atoms with Crippen LogP contribution in [0.5, 0.6) is 0 Å². The van der Waals surface area contributed by atoms with Crippen molar-refractivity contribution in [1.82, 2.24) is 0 Å². The minimum Gasteiger partial charge on any atom is -0.311 e. The van der Waals surface area contributed by atoms with Gasteiger partial charge >= 0.3 is 0 Å². The maximum Gasteiger partial charge on any atom is 0.258 e. The fourth-order valence-electron chi connectivity index (χ4n) is 2.93. The van der Waals surface area contributed by atoms with Gasteiger partial charge in [0.25, 0.3) is 5.91 Å². The van der Waals surface area contributed by atoms with E-state index in [9.17, 15) is 18.5 Å². The zero-order valence-corrected chi connectivity index (χ0v) is 16.3. The highest BCUT2D eigenvalue weighted by molar-refractivity contribution is 7.90. The van der Waals surface area contributed by atoms with Crippen LogP contribution in [-0.4, -0.2) is 27.6 Å². The van der Waals surface area contributed by atoms with Crippen LogP contribution in [0.3, 0.4) is 0 Å². The topological polar surface area (TPSA) is 78.2 Å². The van der Waals surface area contributed by atoms with Crippen molar-refractivity contribution in [2.75, 3.05) is 18.2 Å². The maximum absolute atomic E-state index is 13.1. The summed E-state index contributed by atoms with van der Waals surface area (Å²) in [5, 5.41) is 9.39. The lowest BCUT2D eigenvalue weighted by Gasteiger charge is -2.20. The molecule has 0 aliphatic carbocycles. The van der Waals surface area contributed by atoms with Gasteiger partial charge in [0, 0.05) is 30.1 Å². The molecule has 5 nitrogen and oxygen atoms in total. The molecule has 6 heteroatoms. The van der Waals surface area contributed by atoms with E-state index in [-0.39, 0.29) is 10.8 Å². The third-order valence-corrected chi connectivity index (χ3v) is 5.58. The van der Waals surface area contributed by atoms with E-state index in [1.807, 2.05) is 24.3 Å². The van der Waals surface area contributed by atoms with Crippen molar-refractivity contribution in [3.63, 3.8) is 0 Å². The Balaban J connectivity index is 2.01. The number of nitrogens with zero attached hydrogens (tertiary/aromatic N) is 2. The van der Waals surface area contributed by atoms with Crippen LogP contribution in [0.1, 0.15) is 15.9 Å².